The van der Waals surface area contributed by atoms with Gasteiger partial charge in [0.25, 0.3) is 0 Å². The smallest absolute Gasteiger partial charge is 0.323 e. The van der Waals surface area contributed by atoms with E-state index in [1.165, 1.54) is 19.0 Å². The zero-order valence-electron chi connectivity index (χ0n) is 12.0. The number of hydrazine groups is 1. The second-order valence-corrected chi connectivity index (χ2v) is 5.31. The third-order valence-corrected chi connectivity index (χ3v) is 3.58. The number of nitrogens with zero attached hydrogens (tertiary/aromatic N) is 1. The Morgan fingerprint density at radius 2 is 1.95 bits per heavy atom. The highest BCUT2D eigenvalue weighted by Gasteiger charge is 2.20. The first-order valence-corrected chi connectivity index (χ1v) is 7.03. The number of ether oxygens (including phenoxy) is 1. The van der Waals surface area contributed by atoms with Gasteiger partial charge in [-0.25, -0.2) is 10.8 Å². The number of carbonyl (C=O) groups is 2. The summed E-state index contributed by atoms with van der Waals surface area (Å²) in [6.45, 7) is 2.25. The maximum atomic E-state index is 11.3. The second kappa shape index (κ2) is 7.03. The van der Waals surface area contributed by atoms with Crippen LogP contribution in [0.4, 0.5) is 5.69 Å². The lowest BCUT2D eigenvalue weighted by atomic mass is 9.89. The van der Waals surface area contributed by atoms with Crippen molar-refractivity contribution < 1.29 is 14.3 Å². The Kier molecular flexibility index (Phi) is 5.10. The average Bonchev–Trinajstić information content (AvgIpc) is 2.50. The van der Waals surface area contributed by atoms with Crippen molar-refractivity contribution in [3.8, 4) is 5.88 Å². The molecule has 7 nitrogen and oxygen atoms in total. The van der Waals surface area contributed by atoms with E-state index in [0.29, 0.717) is 11.6 Å². The van der Waals surface area contributed by atoms with Crippen molar-refractivity contribution in [2.75, 3.05) is 5.32 Å². The van der Waals surface area contributed by atoms with Crippen molar-refractivity contribution in [1.29, 1.82) is 0 Å². The Labute approximate surface area is 123 Å². The molecular weight excluding hydrogens is 272 g/mol. The highest BCUT2D eigenvalue weighted by atomic mass is 16.5. The monoisotopic (exact) mass is 292 g/mol. The van der Waals surface area contributed by atoms with Crippen LogP contribution in [0.25, 0.3) is 0 Å². The first kappa shape index (κ1) is 15.2. The van der Waals surface area contributed by atoms with Crippen LogP contribution in [-0.4, -0.2) is 22.9 Å². The number of aromatic nitrogens is 1. The quantitative estimate of drug-likeness (QED) is 0.333. The minimum Gasteiger partial charge on any atom is -0.474 e. The molecule has 7 heteroatoms. The molecule has 2 amide bonds. The lowest BCUT2D eigenvalue weighted by molar-refractivity contribution is -0.136. The van der Waals surface area contributed by atoms with E-state index < -0.39 is 11.8 Å². The number of rotatable bonds is 3. The molecule has 1 aromatic heterocycles. The third-order valence-electron chi connectivity index (χ3n) is 3.58. The molecule has 0 aromatic carbocycles. The Morgan fingerprint density at radius 1 is 1.24 bits per heavy atom. The molecule has 0 atom stereocenters. The fourth-order valence-corrected chi connectivity index (χ4v) is 2.30. The number of anilines is 1. The molecule has 0 unspecified atom stereocenters. The number of hydrogen-bond acceptors (Lipinski definition) is 5. The van der Waals surface area contributed by atoms with Crippen LogP contribution in [0.15, 0.2) is 18.3 Å². The summed E-state index contributed by atoms with van der Waals surface area (Å²) in [6.07, 6.45) is 6.08. The van der Waals surface area contributed by atoms with Crippen molar-refractivity contribution in [3.63, 3.8) is 0 Å². The number of amides is 2. The summed E-state index contributed by atoms with van der Waals surface area (Å²) in [4.78, 5) is 26.4. The summed E-state index contributed by atoms with van der Waals surface area (Å²) in [5, 5.41) is 2.38. The van der Waals surface area contributed by atoms with Crippen molar-refractivity contribution in [3.05, 3.63) is 18.3 Å². The molecule has 1 fully saturated rings. The highest BCUT2D eigenvalue weighted by Crippen LogP contribution is 2.26. The van der Waals surface area contributed by atoms with Crippen LogP contribution >= 0.6 is 0 Å². The van der Waals surface area contributed by atoms with Crippen molar-refractivity contribution in [1.82, 2.24) is 10.4 Å². The summed E-state index contributed by atoms with van der Waals surface area (Å²) in [6, 6.07) is 3.31. The fraction of sp³-hybridized carbons (Fsp3) is 0.500. The lowest BCUT2D eigenvalue weighted by Crippen LogP contribution is -2.39. The van der Waals surface area contributed by atoms with E-state index in [-0.39, 0.29) is 6.10 Å². The van der Waals surface area contributed by atoms with Gasteiger partial charge in [-0.2, -0.15) is 0 Å². The average molecular weight is 292 g/mol. The zero-order chi connectivity index (χ0) is 15.2. The molecule has 114 valence electrons. The van der Waals surface area contributed by atoms with Crippen LogP contribution in [0.3, 0.4) is 0 Å². The number of hydrogen-bond donors (Lipinski definition) is 3. The molecule has 1 saturated carbocycles. The summed E-state index contributed by atoms with van der Waals surface area (Å²) < 4.78 is 5.81. The van der Waals surface area contributed by atoms with E-state index in [2.05, 4.69) is 17.2 Å². The molecule has 0 aliphatic heterocycles. The molecule has 0 saturated heterocycles. The lowest BCUT2D eigenvalue weighted by Gasteiger charge is -2.26. The first-order chi connectivity index (χ1) is 10.1. The summed E-state index contributed by atoms with van der Waals surface area (Å²) in [5.41, 5.74) is 2.17. The predicted molar refractivity (Wildman–Crippen MR) is 77.2 cm³/mol. The molecular formula is C14H20N4O3. The molecule has 1 aromatic rings. The maximum Gasteiger partial charge on any atom is 0.323 e. The van der Waals surface area contributed by atoms with Crippen LogP contribution in [0.5, 0.6) is 5.88 Å². The topological polar surface area (TPSA) is 106 Å². The van der Waals surface area contributed by atoms with E-state index >= 15 is 0 Å². The molecule has 21 heavy (non-hydrogen) atoms. The largest absolute Gasteiger partial charge is 0.474 e. The van der Waals surface area contributed by atoms with Crippen molar-refractivity contribution in [2.24, 2.45) is 11.8 Å². The normalized spacial score (nSPS) is 21.4. The van der Waals surface area contributed by atoms with Gasteiger partial charge in [0.05, 0.1) is 11.9 Å². The van der Waals surface area contributed by atoms with Gasteiger partial charge in [-0.15, -0.1) is 0 Å². The minimum atomic E-state index is -0.911. The van der Waals surface area contributed by atoms with Gasteiger partial charge in [-0.3, -0.25) is 15.0 Å². The SMILES string of the molecule is CC1CCC(Oc2ccc(NC(=O)C(=O)NN)cn2)CC1. The van der Waals surface area contributed by atoms with Crippen LogP contribution in [0.2, 0.25) is 0 Å². The molecule has 0 radical (unpaired) electrons. The highest BCUT2D eigenvalue weighted by molar-refractivity contribution is 6.39. The van der Waals surface area contributed by atoms with E-state index in [0.717, 1.165) is 18.8 Å². The van der Waals surface area contributed by atoms with Gasteiger partial charge in [0.1, 0.15) is 6.10 Å². The molecule has 4 N–H and O–H groups in total. The van der Waals surface area contributed by atoms with E-state index in [9.17, 15) is 9.59 Å². The van der Waals surface area contributed by atoms with Gasteiger partial charge in [0.15, 0.2) is 0 Å². The molecule has 2 rings (SSSR count). The van der Waals surface area contributed by atoms with Crippen LogP contribution < -0.4 is 21.3 Å². The van der Waals surface area contributed by atoms with E-state index in [4.69, 9.17) is 10.6 Å². The number of pyridine rings is 1. The molecule has 1 heterocycles. The standard InChI is InChI=1S/C14H20N4O3/c1-9-2-5-11(6-3-9)21-12-7-4-10(8-16-12)17-13(19)14(20)18-15/h4,7-9,11H,2-3,5-6,15H2,1H3,(H,17,19)(H,18,20). The van der Waals surface area contributed by atoms with Crippen molar-refractivity contribution in [2.45, 2.75) is 38.7 Å². The summed E-state index contributed by atoms with van der Waals surface area (Å²) in [7, 11) is 0. The Balaban J connectivity index is 1.87. The molecule has 1 aliphatic carbocycles. The molecule has 0 bridgehead atoms. The molecule has 0 spiro atoms. The van der Waals surface area contributed by atoms with E-state index in [1.807, 2.05) is 0 Å². The number of nitrogens with two attached hydrogens (primary N) is 1. The van der Waals surface area contributed by atoms with Crippen LogP contribution in [-0.2, 0) is 9.59 Å². The van der Waals surface area contributed by atoms with Gasteiger partial charge in [0, 0.05) is 6.07 Å². The van der Waals surface area contributed by atoms with Gasteiger partial charge in [-0.1, -0.05) is 6.92 Å². The third kappa shape index (κ3) is 4.42. The Hall–Kier alpha value is -2.15. The van der Waals surface area contributed by atoms with Crippen LogP contribution in [0, 0.1) is 5.92 Å². The van der Waals surface area contributed by atoms with Gasteiger partial charge < -0.3 is 10.1 Å². The summed E-state index contributed by atoms with van der Waals surface area (Å²) >= 11 is 0. The van der Waals surface area contributed by atoms with Gasteiger partial charge >= 0.3 is 11.8 Å². The van der Waals surface area contributed by atoms with Crippen LogP contribution in [0.1, 0.15) is 32.6 Å². The number of nitrogens with one attached hydrogen (secondary N) is 2. The predicted octanol–water partition coefficient (Wildman–Crippen LogP) is 0.967. The Morgan fingerprint density at radius 3 is 2.52 bits per heavy atom. The summed E-state index contributed by atoms with van der Waals surface area (Å²) in [5.74, 6) is 4.41. The van der Waals surface area contributed by atoms with Gasteiger partial charge in [-0.05, 0) is 37.7 Å². The van der Waals surface area contributed by atoms with Crippen molar-refractivity contribution >= 4 is 17.5 Å². The fourth-order valence-electron chi connectivity index (χ4n) is 2.30. The first-order valence-electron chi connectivity index (χ1n) is 7.03. The Bertz CT molecular complexity index is 495. The maximum absolute atomic E-state index is 11.3. The van der Waals surface area contributed by atoms with Gasteiger partial charge in [0.2, 0.25) is 5.88 Å². The minimum absolute atomic E-state index is 0.206. The van der Waals surface area contributed by atoms with E-state index in [1.54, 1.807) is 17.6 Å². The molecule has 1 aliphatic rings. The zero-order valence-corrected chi connectivity index (χ0v) is 12.0. The second-order valence-electron chi connectivity index (χ2n) is 5.31. The number of carbonyl (C=O) groups excluding carboxylic acids is 2.